The van der Waals surface area contributed by atoms with Gasteiger partial charge in [0.1, 0.15) is 0 Å². The van der Waals surface area contributed by atoms with Gasteiger partial charge in [0.25, 0.3) is 0 Å². The van der Waals surface area contributed by atoms with Gasteiger partial charge in [-0.2, -0.15) is 0 Å². The molecule has 0 saturated heterocycles. The maximum atomic E-state index is 6.10. The zero-order valence-corrected chi connectivity index (χ0v) is 7.02. The van der Waals surface area contributed by atoms with Gasteiger partial charge in [-0.05, 0) is 31.6 Å². The number of hydrogen-bond acceptors (Lipinski definition) is 1. The molecule has 0 radical (unpaired) electrons. The first-order chi connectivity index (χ1) is 4.21. The van der Waals surface area contributed by atoms with Crippen molar-refractivity contribution in [2.75, 3.05) is 0 Å². The highest BCUT2D eigenvalue weighted by Gasteiger charge is 2.48. The molecule has 0 aromatic rings. The third kappa shape index (κ3) is 0.761. The molecule has 0 heterocycles. The van der Waals surface area contributed by atoms with Crippen LogP contribution in [0.4, 0.5) is 0 Å². The molecule has 2 heteroatoms. The van der Waals surface area contributed by atoms with E-state index in [1.165, 1.54) is 25.7 Å². The van der Waals surface area contributed by atoms with Crippen LogP contribution in [-0.4, -0.2) is 10.4 Å². The summed E-state index contributed by atoms with van der Waals surface area (Å²) in [5.74, 6) is 0.944. The van der Waals surface area contributed by atoms with Gasteiger partial charge >= 0.3 is 0 Å². The number of hydrogen-bond donors (Lipinski definition) is 1. The molecule has 2 rings (SSSR count). The SMILES string of the molecule is N[C@]12CC[C@H](C[C@@H]1Br)C2. The van der Waals surface area contributed by atoms with E-state index in [1.807, 2.05) is 0 Å². The van der Waals surface area contributed by atoms with Gasteiger partial charge in [0, 0.05) is 10.4 Å². The van der Waals surface area contributed by atoms with E-state index in [1.54, 1.807) is 0 Å². The van der Waals surface area contributed by atoms with Crippen molar-refractivity contribution in [1.82, 2.24) is 0 Å². The van der Waals surface area contributed by atoms with E-state index in [9.17, 15) is 0 Å². The van der Waals surface area contributed by atoms with Crippen molar-refractivity contribution in [1.29, 1.82) is 0 Å². The standard InChI is InChI=1S/C7H12BrN/c8-6-3-5-1-2-7(6,9)4-5/h5-6H,1-4,9H2/t5-,6+,7+/m1/s1. The lowest BCUT2D eigenvalue weighted by atomic mass is 9.95. The Morgan fingerprint density at radius 3 is 2.56 bits per heavy atom. The predicted octanol–water partition coefficient (Wildman–Crippen LogP) is 1.65. The van der Waals surface area contributed by atoms with Gasteiger partial charge in [0.2, 0.25) is 0 Å². The lowest BCUT2D eigenvalue weighted by Gasteiger charge is -2.26. The molecule has 2 aliphatic rings. The first-order valence-electron chi connectivity index (χ1n) is 3.64. The first-order valence-corrected chi connectivity index (χ1v) is 4.55. The largest absolute Gasteiger partial charge is 0.324 e. The van der Waals surface area contributed by atoms with Gasteiger partial charge in [-0.3, -0.25) is 0 Å². The van der Waals surface area contributed by atoms with Gasteiger partial charge in [-0.25, -0.2) is 0 Å². The zero-order valence-electron chi connectivity index (χ0n) is 5.44. The second-order valence-electron chi connectivity index (χ2n) is 3.55. The fourth-order valence-electron chi connectivity index (χ4n) is 2.23. The molecule has 9 heavy (non-hydrogen) atoms. The summed E-state index contributed by atoms with van der Waals surface area (Å²) < 4.78 is 0. The first kappa shape index (κ1) is 6.17. The van der Waals surface area contributed by atoms with E-state index in [-0.39, 0.29) is 5.54 Å². The van der Waals surface area contributed by atoms with E-state index < -0.39 is 0 Å². The topological polar surface area (TPSA) is 26.0 Å². The molecular formula is C7H12BrN. The molecule has 0 aliphatic heterocycles. The van der Waals surface area contributed by atoms with Crippen LogP contribution >= 0.6 is 15.9 Å². The Hall–Kier alpha value is 0.440. The Morgan fingerprint density at radius 1 is 1.56 bits per heavy atom. The molecule has 2 bridgehead atoms. The van der Waals surface area contributed by atoms with Crippen LogP contribution in [0.2, 0.25) is 0 Å². The monoisotopic (exact) mass is 189 g/mol. The number of halogens is 1. The van der Waals surface area contributed by atoms with Crippen LogP contribution in [0.15, 0.2) is 0 Å². The Morgan fingerprint density at radius 2 is 2.33 bits per heavy atom. The molecule has 2 N–H and O–H groups in total. The summed E-state index contributed by atoms with van der Waals surface area (Å²) in [6, 6.07) is 0. The fourth-order valence-corrected chi connectivity index (χ4v) is 3.17. The molecule has 2 fully saturated rings. The molecule has 0 amide bonds. The molecule has 2 aliphatic carbocycles. The summed E-state index contributed by atoms with van der Waals surface area (Å²) in [5, 5.41) is 0. The summed E-state index contributed by atoms with van der Waals surface area (Å²) in [6.07, 6.45) is 5.20. The van der Waals surface area contributed by atoms with E-state index in [4.69, 9.17) is 5.73 Å². The Kier molecular flexibility index (Phi) is 1.18. The summed E-state index contributed by atoms with van der Waals surface area (Å²) in [7, 11) is 0. The van der Waals surface area contributed by atoms with Gasteiger partial charge in [0.15, 0.2) is 0 Å². The number of nitrogens with two attached hydrogens (primary N) is 1. The van der Waals surface area contributed by atoms with Gasteiger partial charge in [0.05, 0.1) is 0 Å². The predicted molar refractivity (Wildman–Crippen MR) is 41.6 cm³/mol. The number of rotatable bonds is 0. The summed E-state index contributed by atoms with van der Waals surface area (Å²) in [4.78, 5) is 0.615. The molecule has 0 aromatic heterocycles. The number of alkyl halides is 1. The Labute approximate surface area is 64.1 Å². The smallest absolute Gasteiger partial charge is 0.0328 e. The van der Waals surface area contributed by atoms with E-state index in [2.05, 4.69) is 15.9 Å². The maximum absolute atomic E-state index is 6.10. The minimum atomic E-state index is 0.185. The third-order valence-electron chi connectivity index (χ3n) is 2.85. The summed E-state index contributed by atoms with van der Waals surface area (Å²) in [6.45, 7) is 0. The van der Waals surface area contributed by atoms with Crippen LogP contribution in [0.5, 0.6) is 0 Å². The van der Waals surface area contributed by atoms with Crippen molar-refractivity contribution in [3.05, 3.63) is 0 Å². The molecule has 0 spiro atoms. The third-order valence-corrected chi connectivity index (χ3v) is 4.14. The normalized spacial score (nSPS) is 56.7. The van der Waals surface area contributed by atoms with E-state index in [0.29, 0.717) is 4.83 Å². The summed E-state index contributed by atoms with van der Waals surface area (Å²) >= 11 is 3.63. The van der Waals surface area contributed by atoms with Crippen LogP contribution < -0.4 is 5.73 Å². The van der Waals surface area contributed by atoms with Gasteiger partial charge in [-0.15, -0.1) is 0 Å². The fraction of sp³-hybridized carbons (Fsp3) is 1.00. The van der Waals surface area contributed by atoms with Crippen LogP contribution in [-0.2, 0) is 0 Å². The molecule has 52 valence electrons. The average molecular weight is 190 g/mol. The van der Waals surface area contributed by atoms with Crippen molar-refractivity contribution < 1.29 is 0 Å². The Bertz CT molecular complexity index is 137. The van der Waals surface area contributed by atoms with Crippen LogP contribution in [0.25, 0.3) is 0 Å². The maximum Gasteiger partial charge on any atom is 0.0328 e. The molecule has 2 saturated carbocycles. The minimum Gasteiger partial charge on any atom is -0.324 e. The summed E-state index contributed by atoms with van der Waals surface area (Å²) in [5.41, 5.74) is 6.28. The minimum absolute atomic E-state index is 0.185. The second-order valence-corrected chi connectivity index (χ2v) is 4.65. The molecule has 0 aromatic carbocycles. The van der Waals surface area contributed by atoms with Crippen molar-refractivity contribution in [2.45, 2.75) is 36.0 Å². The van der Waals surface area contributed by atoms with E-state index >= 15 is 0 Å². The quantitative estimate of drug-likeness (QED) is 0.577. The van der Waals surface area contributed by atoms with E-state index in [0.717, 1.165) is 5.92 Å². The number of fused-ring (bicyclic) bond motifs is 2. The lowest BCUT2D eigenvalue weighted by Crippen LogP contribution is -2.42. The Balaban J connectivity index is 2.22. The highest BCUT2D eigenvalue weighted by atomic mass is 79.9. The highest BCUT2D eigenvalue weighted by molar-refractivity contribution is 9.09. The lowest BCUT2D eigenvalue weighted by molar-refractivity contribution is 0.436. The van der Waals surface area contributed by atoms with Crippen LogP contribution in [0, 0.1) is 5.92 Å². The van der Waals surface area contributed by atoms with Crippen molar-refractivity contribution in [2.24, 2.45) is 11.7 Å². The van der Waals surface area contributed by atoms with Crippen molar-refractivity contribution >= 4 is 15.9 Å². The van der Waals surface area contributed by atoms with Gasteiger partial charge < -0.3 is 5.73 Å². The molecule has 0 unspecified atom stereocenters. The highest BCUT2D eigenvalue weighted by Crippen LogP contribution is 2.49. The van der Waals surface area contributed by atoms with Gasteiger partial charge in [-0.1, -0.05) is 15.9 Å². The van der Waals surface area contributed by atoms with Crippen molar-refractivity contribution in [3.63, 3.8) is 0 Å². The zero-order chi connectivity index (χ0) is 6.48. The van der Waals surface area contributed by atoms with Crippen LogP contribution in [0.3, 0.4) is 0 Å². The van der Waals surface area contributed by atoms with Crippen LogP contribution in [0.1, 0.15) is 25.7 Å². The second kappa shape index (κ2) is 1.73. The average Bonchev–Trinajstić information content (AvgIpc) is 2.22. The molecular weight excluding hydrogens is 178 g/mol. The molecule has 3 atom stereocenters. The van der Waals surface area contributed by atoms with Crippen molar-refractivity contribution in [3.8, 4) is 0 Å². The molecule has 1 nitrogen and oxygen atoms in total.